The maximum atomic E-state index is 12.1. The summed E-state index contributed by atoms with van der Waals surface area (Å²) < 4.78 is 0. The van der Waals surface area contributed by atoms with E-state index in [4.69, 9.17) is 0 Å². The molecule has 1 aliphatic carbocycles. The van der Waals surface area contributed by atoms with E-state index in [0.717, 1.165) is 31.6 Å². The summed E-state index contributed by atoms with van der Waals surface area (Å²) in [6.45, 7) is 0.824. The maximum Gasteiger partial charge on any atom is 0.253 e. The maximum absolute atomic E-state index is 12.1. The van der Waals surface area contributed by atoms with Crippen LogP contribution in [0.1, 0.15) is 41.6 Å². The van der Waals surface area contributed by atoms with Crippen molar-refractivity contribution in [2.24, 2.45) is 0 Å². The number of rotatable bonds is 6. The van der Waals surface area contributed by atoms with Crippen LogP contribution in [-0.4, -0.2) is 23.5 Å². The third-order valence-corrected chi connectivity index (χ3v) is 4.28. The highest BCUT2D eigenvalue weighted by Gasteiger charge is 2.17. The minimum absolute atomic E-state index is 0.0137. The van der Waals surface area contributed by atoms with Gasteiger partial charge in [0.25, 0.3) is 5.91 Å². The van der Waals surface area contributed by atoms with Gasteiger partial charge in [-0.1, -0.05) is 43.2 Å². The number of hydrogen-bond acceptors (Lipinski definition) is 3. The Kier molecular flexibility index (Phi) is 5.25. The largest absolute Gasteiger partial charge is 0.370 e. The molecular formula is C19H23N3O. The van der Waals surface area contributed by atoms with Crippen LogP contribution in [-0.2, 0) is 6.42 Å². The number of hydrogen-bond donors (Lipinski definition) is 2. The standard InChI is InChI=1S/C19H23N3O/c23-19(22-17-8-4-5-9-17)16-10-11-18(21-14-16)20-13-12-15-6-2-1-3-7-15/h1-3,6-7,10-11,14,17H,4-5,8-9,12-13H2,(H,20,21)(H,22,23). The first-order valence-electron chi connectivity index (χ1n) is 8.36. The number of nitrogens with one attached hydrogen (secondary N) is 2. The first kappa shape index (κ1) is 15.5. The van der Waals surface area contributed by atoms with Gasteiger partial charge in [0.2, 0.25) is 0 Å². The number of anilines is 1. The Morgan fingerprint density at radius 1 is 1.09 bits per heavy atom. The number of carbonyl (C=O) groups is 1. The van der Waals surface area contributed by atoms with Gasteiger partial charge >= 0.3 is 0 Å². The van der Waals surface area contributed by atoms with Gasteiger partial charge < -0.3 is 10.6 Å². The summed E-state index contributed by atoms with van der Waals surface area (Å²) in [6, 6.07) is 14.4. The molecule has 0 atom stereocenters. The van der Waals surface area contributed by atoms with Gasteiger partial charge in [-0.15, -0.1) is 0 Å². The van der Waals surface area contributed by atoms with Crippen LogP contribution in [0.4, 0.5) is 5.82 Å². The highest BCUT2D eigenvalue weighted by molar-refractivity contribution is 5.94. The third-order valence-electron chi connectivity index (χ3n) is 4.28. The van der Waals surface area contributed by atoms with Crippen LogP contribution in [0.3, 0.4) is 0 Å². The molecule has 1 aromatic carbocycles. The number of benzene rings is 1. The van der Waals surface area contributed by atoms with Crippen LogP contribution in [0.2, 0.25) is 0 Å². The van der Waals surface area contributed by atoms with Crippen LogP contribution < -0.4 is 10.6 Å². The molecule has 0 saturated heterocycles. The number of nitrogens with zero attached hydrogens (tertiary/aromatic N) is 1. The van der Waals surface area contributed by atoms with E-state index >= 15 is 0 Å². The second-order valence-corrected chi connectivity index (χ2v) is 6.05. The molecule has 120 valence electrons. The molecule has 4 heteroatoms. The Hall–Kier alpha value is -2.36. The normalized spacial score (nSPS) is 14.6. The van der Waals surface area contributed by atoms with Crippen molar-refractivity contribution < 1.29 is 4.79 Å². The summed E-state index contributed by atoms with van der Waals surface area (Å²) in [4.78, 5) is 16.5. The Morgan fingerprint density at radius 3 is 2.57 bits per heavy atom. The molecule has 0 spiro atoms. The lowest BCUT2D eigenvalue weighted by Gasteiger charge is -2.12. The Bertz CT molecular complexity index is 619. The van der Waals surface area contributed by atoms with Crippen LogP contribution in [0.25, 0.3) is 0 Å². The number of carbonyl (C=O) groups excluding carboxylic acids is 1. The summed E-state index contributed by atoms with van der Waals surface area (Å²) in [5, 5.41) is 6.37. The number of amides is 1. The molecule has 0 bridgehead atoms. The molecule has 0 unspecified atom stereocenters. The Morgan fingerprint density at radius 2 is 1.87 bits per heavy atom. The topological polar surface area (TPSA) is 54.0 Å². The predicted octanol–water partition coefficient (Wildman–Crippen LogP) is 3.41. The zero-order chi connectivity index (χ0) is 15.9. The summed E-state index contributed by atoms with van der Waals surface area (Å²) >= 11 is 0. The second-order valence-electron chi connectivity index (χ2n) is 6.05. The van der Waals surface area contributed by atoms with Crippen molar-refractivity contribution in [1.82, 2.24) is 10.3 Å². The highest BCUT2D eigenvalue weighted by atomic mass is 16.1. The molecule has 2 N–H and O–H groups in total. The van der Waals surface area contributed by atoms with Gasteiger partial charge in [0.15, 0.2) is 0 Å². The van der Waals surface area contributed by atoms with Gasteiger partial charge in [0, 0.05) is 18.8 Å². The van der Waals surface area contributed by atoms with E-state index in [-0.39, 0.29) is 5.91 Å². The molecule has 23 heavy (non-hydrogen) atoms. The summed E-state index contributed by atoms with van der Waals surface area (Å²) in [5.74, 6) is 0.790. The minimum Gasteiger partial charge on any atom is -0.370 e. The van der Waals surface area contributed by atoms with Gasteiger partial charge in [0.05, 0.1) is 5.56 Å². The lowest BCUT2D eigenvalue weighted by molar-refractivity contribution is 0.0937. The van der Waals surface area contributed by atoms with E-state index in [9.17, 15) is 4.79 Å². The fraction of sp³-hybridized carbons (Fsp3) is 0.368. The molecule has 0 aliphatic heterocycles. The van der Waals surface area contributed by atoms with Crippen molar-refractivity contribution in [1.29, 1.82) is 0 Å². The van der Waals surface area contributed by atoms with Gasteiger partial charge in [-0.2, -0.15) is 0 Å². The SMILES string of the molecule is O=C(NC1CCCC1)c1ccc(NCCc2ccccc2)nc1. The van der Waals surface area contributed by atoms with E-state index in [0.29, 0.717) is 11.6 Å². The van der Waals surface area contributed by atoms with Crippen LogP contribution in [0, 0.1) is 0 Å². The first-order valence-corrected chi connectivity index (χ1v) is 8.36. The van der Waals surface area contributed by atoms with Gasteiger partial charge in [-0.25, -0.2) is 4.98 Å². The molecule has 1 aliphatic rings. The van der Waals surface area contributed by atoms with Gasteiger partial charge in [0.1, 0.15) is 5.82 Å². The molecule has 4 nitrogen and oxygen atoms in total. The van der Waals surface area contributed by atoms with E-state index in [1.165, 1.54) is 18.4 Å². The highest BCUT2D eigenvalue weighted by Crippen LogP contribution is 2.18. The molecule has 1 saturated carbocycles. The van der Waals surface area contributed by atoms with Crippen LogP contribution in [0.5, 0.6) is 0 Å². The number of pyridine rings is 1. The zero-order valence-electron chi connectivity index (χ0n) is 13.3. The average molecular weight is 309 g/mol. The minimum atomic E-state index is -0.0137. The molecule has 1 heterocycles. The van der Waals surface area contributed by atoms with Crippen molar-refractivity contribution in [3.63, 3.8) is 0 Å². The molecule has 1 fully saturated rings. The van der Waals surface area contributed by atoms with Crippen molar-refractivity contribution in [3.8, 4) is 0 Å². The van der Waals surface area contributed by atoms with Gasteiger partial charge in [-0.3, -0.25) is 4.79 Å². The molecular weight excluding hydrogens is 286 g/mol. The van der Waals surface area contributed by atoms with E-state index in [1.807, 2.05) is 30.3 Å². The zero-order valence-corrected chi connectivity index (χ0v) is 13.3. The van der Waals surface area contributed by atoms with E-state index in [1.54, 1.807) is 6.20 Å². The lowest BCUT2D eigenvalue weighted by atomic mass is 10.1. The Balaban J connectivity index is 1.47. The summed E-state index contributed by atoms with van der Waals surface area (Å²) in [6.07, 6.45) is 7.22. The van der Waals surface area contributed by atoms with E-state index in [2.05, 4.69) is 27.8 Å². The first-order chi connectivity index (χ1) is 11.3. The second kappa shape index (κ2) is 7.77. The fourth-order valence-electron chi connectivity index (χ4n) is 2.95. The Labute approximate surface area is 137 Å². The van der Waals surface area contributed by atoms with Crippen LogP contribution in [0.15, 0.2) is 48.7 Å². The molecule has 1 amide bonds. The molecule has 3 rings (SSSR count). The van der Waals surface area contributed by atoms with Crippen LogP contribution >= 0.6 is 0 Å². The van der Waals surface area contributed by atoms with Crippen molar-refractivity contribution in [2.75, 3.05) is 11.9 Å². The number of aromatic nitrogens is 1. The van der Waals surface area contributed by atoms with Gasteiger partial charge in [-0.05, 0) is 37.0 Å². The predicted molar refractivity (Wildman–Crippen MR) is 92.6 cm³/mol. The molecule has 1 aromatic heterocycles. The summed E-state index contributed by atoms with van der Waals surface area (Å²) in [5.41, 5.74) is 1.93. The molecule has 2 aromatic rings. The lowest BCUT2D eigenvalue weighted by Crippen LogP contribution is -2.32. The third kappa shape index (κ3) is 4.55. The van der Waals surface area contributed by atoms with E-state index < -0.39 is 0 Å². The van der Waals surface area contributed by atoms with Crippen molar-refractivity contribution in [2.45, 2.75) is 38.1 Å². The smallest absolute Gasteiger partial charge is 0.253 e. The monoisotopic (exact) mass is 309 g/mol. The fourth-order valence-corrected chi connectivity index (χ4v) is 2.95. The van der Waals surface area contributed by atoms with Crippen molar-refractivity contribution in [3.05, 3.63) is 59.8 Å². The summed E-state index contributed by atoms with van der Waals surface area (Å²) in [7, 11) is 0. The quantitative estimate of drug-likeness (QED) is 0.860. The average Bonchev–Trinajstić information content (AvgIpc) is 3.09. The molecule has 0 radical (unpaired) electrons. The van der Waals surface area contributed by atoms with Crippen molar-refractivity contribution >= 4 is 11.7 Å².